The van der Waals surface area contributed by atoms with Gasteiger partial charge in [0, 0.05) is 25.7 Å². The average Bonchev–Trinajstić information content (AvgIpc) is 3.36. The Morgan fingerprint density at radius 3 is 2.79 bits per heavy atom. The highest BCUT2D eigenvalue weighted by Crippen LogP contribution is 2.33. The molecule has 5 nitrogen and oxygen atoms in total. The number of hydrogen-bond acceptors (Lipinski definition) is 4. The largest absolute Gasteiger partial charge is 0.508 e. The number of carbonyl (C=O) groups excluding carboxylic acids is 1. The summed E-state index contributed by atoms with van der Waals surface area (Å²) in [7, 11) is 0. The number of rotatable bonds is 4. The van der Waals surface area contributed by atoms with E-state index in [9.17, 15) is 23.1 Å². The Labute approximate surface area is 137 Å². The minimum Gasteiger partial charge on any atom is -0.508 e. The van der Waals surface area contributed by atoms with Crippen molar-refractivity contribution >= 4 is 5.91 Å². The number of morpholine rings is 1. The van der Waals surface area contributed by atoms with Crippen LogP contribution in [0.3, 0.4) is 0 Å². The van der Waals surface area contributed by atoms with Crippen LogP contribution in [0.4, 0.5) is 13.2 Å². The number of hydrogen-bond donors (Lipinski definition) is 2. The summed E-state index contributed by atoms with van der Waals surface area (Å²) in [6, 6.07) is 3.03. The zero-order chi connectivity index (χ0) is 17.3. The molecule has 1 aliphatic carbocycles. The third-order valence-corrected chi connectivity index (χ3v) is 4.28. The standard InChI is InChI=1S/C16H19F3N2O3/c17-16(18,19)14-4-3-11(22)7-13(14)15(23)20-8-12-9-21(5-6-24-12)10-1-2-10/h3-4,7,10,12,22H,1-2,5-6,8-9H2,(H,20,23). The van der Waals surface area contributed by atoms with Gasteiger partial charge in [-0.15, -0.1) is 0 Å². The van der Waals surface area contributed by atoms with Gasteiger partial charge in [0.1, 0.15) is 5.75 Å². The van der Waals surface area contributed by atoms with Crippen molar-refractivity contribution in [1.29, 1.82) is 0 Å². The number of alkyl halides is 3. The van der Waals surface area contributed by atoms with E-state index in [4.69, 9.17) is 4.74 Å². The maximum absolute atomic E-state index is 13.0. The Kier molecular flexibility index (Phi) is 4.69. The number of halogens is 3. The van der Waals surface area contributed by atoms with Gasteiger partial charge in [0.15, 0.2) is 0 Å². The van der Waals surface area contributed by atoms with Gasteiger partial charge in [0.2, 0.25) is 0 Å². The fraction of sp³-hybridized carbons (Fsp3) is 0.562. The molecular weight excluding hydrogens is 325 g/mol. The maximum Gasteiger partial charge on any atom is 0.417 e. The first kappa shape index (κ1) is 17.0. The number of aromatic hydroxyl groups is 1. The van der Waals surface area contributed by atoms with Crippen LogP contribution >= 0.6 is 0 Å². The van der Waals surface area contributed by atoms with Crippen molar-refractivity contribution in [3.8, 4) is 5.75 Å². The highest BCUT2D eigenvalue weighted by atomic mass is 19.4. The molecule has 1 saturated heterocycles. The molecule has 0 spiro atoms. The Morgan fingerprint density at radius 2 is 2.12 bits per heavy atom. The lowest BCUT2D eigenvalue weighted by molar-refractivity contribution is -0.137. The molecule has 3 rings (SSSR count). The van der Waals surface area contributed by atoms with E-state index in [2.05, 4.69) is 10.2 Å². The summed E-state index contributed by atoms with van der Waals surface area (Å²) in [5, 5.41) is 11.9. The summed E-state index contributed by atoms with van der Waals surface area (Å²) >= 11 is 0. The molecular formula is C16H19F3N2O3. The quantitative estimate of drug-likeness (QED) is 0.877. The lowest BCUT2D eigenvalue weighted by Gasteiger charge is -2.33. The first-order valence-corrected chi connectivity index (χ1v) is 7.88. The number of phenolic OH excluding ortho intramolecular Hbond substituents is 1. The van der Waals surface area contributed by atoms with Crippen LogP contribution in [0.5, 0.6) is 5.75 Å². The van der Waals surface area contributed by atoms with Gasteiger partial charge in [-0.3, -0.25) is 9.69 Å². The average molecular weight is 344 g/mol. The van der Waals surface area contributed by atoms with E-state index in [0.717, 1.165) is 31.5 Å². The van der Waals surface area contributed by atoms with Gasteiger partial charge >= 0.3 is 6.18 Å². The number of carbonyl (C=O) groups is 1. The molecule has 2 fully saturated rings. The topological polar surface area (TPSA) is 61.8 Å². The minimum atomic E-state index is -4.66. The predicted octanol–water partition coefficient (Wildman–Crippen LogP) is 2.00. The van der Waals surface area contributed by atoms with E-state index < -0.39 is 23.2 Å². The molecule has 2 aliphatic rings. The van der Waals surface area contributed by atoms with E-state index in [-0.39, 0.29) is 18.4 Å². The van der Waals surface area contributed by atoms with E-state index >= 15 is 0 Å². The van der Waals surface area contributed by atoms with Crippen molar-refractivity contribution in [1.82, 2.24) is 10.2 Å². The number of benzene rings is 1. The smallest absolute Gasteiger partial charge is 0.417 e. The van der Waals surface area contributed by atoms with Gasteiger partial charge in [-0.05, 0) is 31.0 Å². The highest BCUT2D eigenvalue weighted by Gasteiger charge is 2.36. The van der Waals surface area contributed by atoms with Gasteiger partial charge in [-0.25, -0.2) is 0 Å². The molecule has 1 saturated carbocycles. The van der Waals surface area contributed by atoms with E-state index in [1.807, 2.05) is 0 Å². The summed E-state index contributed by atoms with van der Waals surface area (Å²) in [6.07, 6.45) is -2.58. The van der Waals surface area contributed by atoms with E-state index in [1.54, 1.807) is 0 Å². The fourth-order valence-corrected chi connectivity index (χ4v) is 2.91. The van der Waals surface area contributed by atoms with Crippen molar-refractivity contribution < 1.29 is 27.8 Å². The van der Waals surface area contributed by atoms with Gasteiger partial charge in [0.05, 0.1) is 23.8 Å². The Morgan fingerprint density at radius 1 is 1.38 bits per heavy atom. The summed E-state index contributed by atoms with van der Waals surface area (Å²) < 4.78 is 44.5. The molecule has 2 N–H and O–H groups in total. The Balaban J connectivity index is 1.63. The van der Waals surface area contributed by atoms with Crippen molar-refractivity contribution in [2.24, 2.45) is 0 Å². The predicted molar refractivity (Wildman–Crippen MR) is 79.8 cm³/mol. The molecule has 0 radical (unpaired) electrons. The molecule has 1 aromatic carbocycles. The molecule has 8 heteroatoms. The fourth-order valence-electron chi connectivity index (χ4n) is 2.91. The van der Waals surface area contributed by atoms with Gasteiger partial charge < -0.3 is 15.2 Å². The normalized spacial score (nSPS) is 22.4. The molecule has 1 amide bonds. The Hall–Kier alpha value is -1.80. The number of amides is 1. The number of nitrogens with zero attached hydrogens (tertiary/aromatic N) is 1. The Bertz CT molecular complexity index is 617. The van der Waals surface area contributed by atoms with Crippen molar-refractivity contribution in [2.45, 2.75) is 31.2 Å². The minimum absolute atomic E-state index is 0.134. The summed E-state index contributed by atoms with van der Waals surface area (Å²) in [5.74, 6) is -1.26. The second-order valence-electron chi connectivity index (χ2n) is 6.16. The molecule has 1 heterocycles. The molecule has 1 atom stereocenters. The molecule has 0 bridgehead atoms. The second kappa shape index (κ2) is 6.60. The summed E-state index contributed by atoms with van der Waals surface area (Å²) in [5.41, 5.74) is -1.65. The van der Waals surface area contributed by atoms with Crippen LogP contribution in [0.25, 0.3) is 0 Å². The van der Waals surface area contributed by atoms with Crippen LogP contribution in [0.2, 0.25) is 0 Å². The molecule has 1 unspecified atom stereocenters. The van der Waals surface area contributed by atoms with Crippen LogP contribution in [0, 0.1) is 0 Å². The third-order valence-electron chi connectivity index (χ3n) is 4.28. The van der Waals surface area contributed by atoms with Gasteiger partial charge in [-0.1, -0.05) is 0 Å². The number of ether oxygens (including phenoxy) is 1. The monoisotopic (exact) mass is 344 g/mol. The van der Waals surface area contributed by atoms with E-state index in [0.29, 0.717) is 25.3 Å². The van der Waals surface area contributed by atoms with Crippen LogP contribution < -0.4 is 5.32 Å². The zero-order valence-electron chi connectivity index (χ0n) is 13.0. The highest BCUT2D eigenvalue weighted by molar-refractivity contribution is 5.96. The van der Waals surface area contributed by atoms with Crippen LogP contribution in [0.1, 0.15) is 28.8 Å². The number of nitrogens with one attached hydrogen (secondary N) is 1. The van der Waals surface area contributed by atoms with E-state index in [1.165, 1.54) is 0 Å². The third kappa shape index (κ3) is 3.99. The first-order valence-electron chi connectivity index (χ1n) is 7.88. The van der Waals surface area contributed by atoms with Crippen molar-refractivity contribution in [3.63, 3.8) is 0 Å². The molecule has 1 aliphatic heterocycles. The molecule has 24 heavy (non-hydrogen) atoms. The zero-order valence-corrected chi connectivity index (χ0v) is 13.0. The molecule has 0 aromatic heterocycles. The van der Waals surface area contributed by atoms with Crippen molar-refractivity contribution in [3.05, 3.63) is 29.3 Å². The van der Waals surface area contributed by atoms with Crippen molar-refractivity contribution in [2.75, 3.05) is 26.2 Å². The molecule has 1 aromatic rings. The SMILES string of the molecule is O=C(NCC1CN(C2CC2)CCO1)c1cc(O)ccc1C(F)(F)F. The second-order valence-corrected chi connectivity index (χ2v) is 6.16. The lowest BCUT2D eigenvalue weighted by atomic mass is 10.1. The van der Waals surface area contributed by atoms with Gasteiger partial charge in [0.25, 0.3) is 5.91 Å². The summed E-state index contributed by atoms with van der Waals surface area (Å²) in [6.45, 7) is 2.20. The van der Waals surface area contributed by atoms with Gasteiger partial charge in [-0.2, -0.15) is 13.2 Å². The van der Waals surface area contributed by atoms with Crippen LogP contribution in [-0.2, 0) is 10.9 Å². The first-order chi connectivity index (χ1) is 11.3. The number of phenols is 1. The molecule has 132 valence electrons. The lowest BCUT2D eigenvalue weighted by Crippen LogP contribution is -2.48. The van der Waals surface area contributed by atoms with Crippen LogP contribution in [0.15, 0.2) is 18.2 Å². The van der Waals surface area contributed by atoms with Crippen LogP contribution in [-0.4, -0.2) is 54.3 Å². The summed E-state index contributed by atoms with van der Waals surface area (Å²) in [4.78, 5) is 14.4. The maximum atomic E-state index is 13.0.